The molecule has 0 rings (SSSR count). The number of hydrogen-bond acceptors (Lipinski definition) is 4. The Labute approximate surface area is 72.0 Å². The summed E-state index contributed by atoms with van der Waals surface area (Å²) in [7, 11) is 0. The summed E-state index contributed by atoms with van der Waals surface area (Å²) >= 11 is 7.62. The molecule has 0 amide bonds. The molecule has 0 radical (unpaired) electrons. The second-order valence-electron chi connectivity index (χ2n) is 0.901. The van der Waals surface area contributed by atoms with Crippen molar-refractivity contribution in [2.75, 3.05) is 0 Å². The summed E-state index contributed by atoms with van der Waals surface area (Å²) in [5.41, 5.74) is 0. The second-order valence-corrected chi connectivity index (χ2v) is 1.31. The minimum absolute atomic E-state index is 1.08. The molecule has 0 aromatic carbocycles. The van der Waals surface area contributed by atoms with Gasteiger partial charge in [-0.2, -0.15) is 0 Å². The standard InChI is InChI=1S/C4H8.2CHNS/c1-3-4-2;2*2-1-3/h3H,1,4H2,2H3;2*2H. The highest BCUT2D eigenvalue weighted by Crippen LogP contribution is 1.66. The average Bonchev–Trinajstić information content (AvgIpc) is 1.91. The molecule has 0 aliphatic rings. The molecule has 2 nitrogen and oxygen atoms in total. The Bertz CT molecular complexity index is 108. The summed E-state index contributed by atoms with van der Waals surface area (Å²) in [4.78, 5) is 0. The van der Waals surface area contributed by atoms with Gasteiger partial charge in [0.15, 0.2) is 0 Å². The lowest BCUT2D eigenvalue weighted by molar-refractivity contribution is 1.23. The van der Waals surface area contributed by atoms with E-state index in [0.717, 1.165) is 6.42 Å². The number of nitrogens with one attached hydrogen (secondary N) is 2. The molecule has 0 spiro atoms. The van der Waals surface area contributed by atoms with Crippen LogP contribution in [0.2, 0.25) is 0 Å². The fourth-order valence-corrected chi connectivity index (χ4v) is 0. The van der Waals surface area contributed by atoms with E-state index in [0.29, 0.717) is 0 Å². The molecule has 0 aliphatic carbocycles. The van der Waals surface area contributed by atoms with Gasteiger partial charge in [0.1, 0.15) is 0 Å². The minimum atomic E-state index is 1.08. The van der Waals surface area contributed by atoms with Gasteiger partial charge in [0.05, 0.1) is 10.3 Å². The highest BCUT2D eigenvalue weighted by Gasteiger charge is 1.45. The van der Waals surface area contributed by atoms with Crippen LogP contribution in [0.3, 0.4) is 0 Å². The molecule has 0 aliphatic heterocycles. The van der Waals surface area contributed by atoms with Crippen molar-refractivity contribution in [2.24, 2.45) is 0 Å². The highest BCUT2D eigenvalue weighted by molar-refractivity contribution is 7.78. The van der Waals surface area contributed by atoms with E-state index in [-0.39, 0.29) is 0 Å². The molecular formula is C6H10N2S2. The van der Waals surface area contributed by atoms with Gasteiger partial charge in [-0.3, -0.25) is 0 Å². The summed E-state index contributed by atoms with van der Waals surface area (Å²) in [6.07, 6.45) is 2.96. The molecule has 0 aromatic heterocycles. The summed E-state index contributed by atoms with van der Waals surface area (Å²) in [5, 5.41) is 14.7. The maximum atomic E-state index is 5.77. The van der Waals surface area contributed by atoms with Gasteiger partial charge in [0.25, 0.3) is 0 Å². The van der Waals surface area contributed by atoms with E-state index in [2.05, 4.69) is 37.9 Å². The lowest BCUT2D eigenvalue weighted by Gasteiger charge is -1.57. The highest BCUT2D eigenvalue weighted by atomic mass is 32.1. The van der Waals surface area contributed by atoms with E-state index in [1.807, 2.05) is 6.08 Å². The summed E-state index contributed by atoms with van der Waals surface area (Å²) in [6, 6.07) is 0. The molecule has 56 valence electrons. The van der Waals surface area contributed by atoms with Crippen LogP contribution in [0.15, 0.2) is 12.7 Å². The van der Waals surface area contributed by atoms with Crippen LogP contribution >= 0.6 is 24.4 Å². The first kappa shape index (κ1) is 16.2. The number of allylic oxidation sites excluding steroid dienone is 1. The Hall–Kier alpha value is -0.660. The molecule has 0 bridgehead atoms. The average molecular weight is 174 g/mol. The fraction of sp³-hybridized carbons (Fsp3) is 0.333. The Morgan fingerprint density at radius 1 is 1.40 bits per heavy atom. The van der Waals surface area contributed by atoms with Crippen LogP contribution in [0.25, 0.3) is 0 Å². The van der Waals surface area contributed by atoms with E-state index in [9.17, 15) is 0 Å². The van der Waals surface area contributed by atoms with Crippen molar-refractivity contribution in [1.82, 2.24) is 0 Å². The van der Waals surface area contributed by atoms with Gasteiger partial charge in [-0.25, -0.2) is 10.8 Å². The third kappa shape index (κ3) is 2550. The van der Waals surface area contributed by atoms with E-state index in [1.165, 1.54) is 0 Å². The molecule has 0 fully saturated rings. The van der Waals surface area contributed by atoms with Crippen LogP contribution in [-0.2, 0) is 0 Å². The zero-order valence-electron chi connectivity index (χ0n) is 5.81. The van der Waals surface area contributed by atoms with Crippen molar-refractivity contribution in [1.29, 1.82) is 10.8 Å². The van der Waals surface area contributed by atoms with Gasteiger partial charge < -0.3 is 0 Å². The molecule has 0 unspecified atom stereocenters. The van der Waals surface area contributed by atoms with Crippen LogP contribution in [0.4, 0.5) is 0 Å². The van der Waals surface area contributed by atoms with E-state index in [1.54, 1.807) is 10.3 Å². The SMILES string of the molecule is C=CCC.N=C=S.N=C=S. The molecule has 0 heterocycles. The van der Waals surface area contributed by atoms with Gasteiger partial charge in [-0.05, 0) is 30.9 Å². The zero-order valence-corrected chi connectivity index (χ0v) is 7.44. The first-order valence-corrected chi connectivity index (χ1v) is 3.25. The molecule has 2 N–H and O–H groups in total. The normalized spacial score (nSPS) is 4.10. The maximum absolute atomic E-state index is 5.77. The second kappa shape index (κ2) is 40.3. The number of hydrogen-bond donors (Lipinski definition) is 2. The van der Waals surface area contributed by atoms with Crippen LogP contribution in [0.1, 0.15) is 13.3 Å². The van der Waals surface area contributed by atoms with Crippen molar-refractivity contribution < 1.29 is 0 Å². The summed E-state index contributed by atoms with van der Waals surface area (Å²) in [6.45, 7) is 5.54. The molecule has 4 heteroatoms. The Morgan fingerprint density at radius 2 is 1.50 bits per heavy atom. The van der Waals surface area contributed by atoms with E-state index < -0.39 is 0 Å². The van der Waals surface area contributed by atoms with Crippen molar-refractivity contribution in [3.63, 3.8) is 0 Å². The quantitative estimate of drug-likeness (QED) is 0.365. The van der Waals surface area contributed by atoms with Crippen LogP contribution < -0.4 is 0 Å². The van der Waals surface area contributed by atoms with Crippen molar-refractivity contribution >= 4 is 34.8 Å². The molecule has 0 saturated heterocycles. The number of thiocarbonyl (C=S) groups is 2. The zero-order chi connectivity index (χ0) is 8.83. The van der Waals surface area contributed by atoms with Crippen LogP contribution in [0, 0.1) is 10.8 Å². The molecular weight excluding hydrogens is 164 g/mol. The van der Waals surface area contributed by atoms with E-state index in [4.69, 9.17) is 10.8 Å². The minimum Gasteiger partial charge on any atom is -0.248 e. The topological polar surface area (TPSA) is 47.7 Å². The largest absolute Gasteiger partial charge is 0.248 e. The first-order valence-electron chi connectivity index (χ1n) is 2.43. The van der Waals surface area contributed by atoms with Crippen molar-refractivity contribution in [3.8, 4) is 0 Å². The molecule has 0 aromatic rings. The lowest BCUT2D eigenvalue weighted by Crippen LogP contribution is -1.36. The number of rotatable bonds is 1. The Kier molecular flexibility index (Phi) is 65.1. The van der Waals surface area contributed by atoms with Gasteiger partial charge in [0.2, 0.25) is 0 Å². The molecule has 0 saturated carbocycles. The van der Waals surface area contributed by atoms with Crippen LogP contribution in [0.5, 0.6) is 0 Å². The van der Waals surface area contributed by atoms with Crippen molar-refractivity contribution in [2.45, 2.75) is 13.3 Å². The van der Waals surface area contributed by atoms with E-state index >= 15 is 0 Å². The lowest BCUT2D eigenvalue weighted by atomic mass is 10.5. The van der Waals surface area contributed by atoms with Crippen molar-refractivity contribution in [3.05, 3.63) is 12.7 Å². The fourth-order valence-electron chi connectivity index (χ4n) is 0. The van der Waals surface area contributed by atoms with Gasteiger partial charge in [-0.1, -0.05) is 13.0 Å². The number of isothiocyanates is 2. The summed E-state index contributed by atoms with van der Waals surface area (Å²) < 4.78 is 0. The third-order valence-corrected chi connectivity index (χ3v) is 0.289. The molecule has 10 heavy (non-hydrogen) atoms. The molecule has 0 atom stereocenters. The van der Waals surface area contributed by atoms with Gasteiger partial charge in [-0.15, -0.1) is 6.58 Å². The predicted octanol–water partition coefficient (Wildman–Crippen LogP) is 2.92. The smallest absolute Gasteiger partial charge is 0.0554 e. The monoisotopic (exact) mass is 174 g/mol. The Morgan fingerprint density at radius 3 is 1.50 bits per heavy atom. The van der Waals surface area contributed by atoms with Crippen LogP contribution in [-0.4, -0.2) is 10.3 Å². The summed E-state index contributed by atoms with van der Waals surface area (Å²) in [5.74, 6) is 0. The third-order valence-electron chi connectivity index (χ3n) is 0.289. The predicted molar refractivity (Wildman–Crippen MR) is 51.1 cm³/mol. The van der Waals surface area contributed by atoms with Gasteiger partial charge >= 0.3 is 0 Å². The maximum Gasteiger partial charge on any atom is 0.0554 e. The Balaban J connectivity index is -0.0000000750. The first-order chi connectivity index (χ1) is 4.74. The van der Waals surface area contributed by atoms with Gasteiger partial charge in [0, 0.05) is 0 Å².